The van der Waals surface area contributed by atoms with Crippen molar-refractivity contribution in [2.24, 2.45) is 0 Å². The van der Waals surface area contributed by atoms with Crippen LogP contribution in [0.2, 0.25) is 0 Å². The lowest BCUT2D eigenvalue weighted by Crippen LogP contribution is -2.01. The largest absolute Gasteiger partial charge is 0.384 e. The van der Waals surface area contributed by atoms with E-state index in [0.717, 1.165) is 21.4 Å². The molecule has 0 unspecified atom stereocenters. The van der Waals surface area contributed by atoms with Crippen molar-refractivity contribution in [2.75, 3.05) is 13.7 Å². The molecule has 0 radical (unpaired) electrons. The van der Waals surface area contributed by atoms with E-state index < -0.39 is 0 Å². The maximum atomic E-state index is 5.10. The fraction of sp³-hybridized carbons (Fsp3) is 0.188. The Hall–Kier alpha value is -2.31. The zero-order chi connectivity index (χ0) is 14.9. The number of rotatable bonds is 4. The molecule has 0 saturated carbocycles. The van der Waals surface area contributed by atoms with Gasteiger partial charge in [0.1, 0.15) is 5.01 Å². The fourth-order valence-corrected chi connectivity index (χ4v) is 3.30. The summed E-state index contributed by atoms with van der Waals surface area (Å²) in [6.45, 7) is 0.615. The van der Waals surface area contributed by atoms with Crippen molar-refractivity contribution in [3.8, 4) is 10.6 Å². The first-order chi connectivity index (χ1) is 10.8. The number of aromatic nitrogens is 4. The highest BCUT2D eigenvalue weighted by atomic mass is 32.1. The second kappa shape index (κ2) is 5.47. The Balaban J connectivity index is 1.77. The lowest BCUT2D eigenvalue weighted by molar-refractivity contribution is 0.200. The van der Waals surface area contributed by atoms with Crippen LogP contribution in [0, 0.1) is 0 Å². The summed E-state index contributed by atoms with van der Waals surface area (Å²) < 4.78 is 6.91. The van der Waals surface area contributed by atoms with E-state index >= 15 is 0 Å². The predicted octanol–water partition coefficient (Wildman–Crippen LogP) is 3.19. The van der Waals surface area contributed by atoms with Gasteiger partial charge >= 0.3 is 0 Å². The van der Waals surface area contributed by atoms with Crippen LogP contribution in [0.1, 0.15) is 5.82 Å². The summed E-state index contributed by atoms with van der Waals surface area (Å²) >= 11 is 1.55. The Morgan fingerprint density at radius 1 is 1.09 bits per heavy atom. The van der Waals surface area contributed by atoms with Gasteiger partial charge in [-0.3, -0.25) is 0 Å². The zero-order valence-corrected chi connectivity index (χ0v) is 12.9. The maximum Gasteiger partial charge on any atom is 0.234 e. The van der Waals surface area contributed by atoms with Crippen molar-refractivity contribution in [1.29, 1.82) is 0 Å². The number of hydrogen-bond donors (Lipinski definition) is 0. The van der Waals surface area contributed by atoms with Crippen LogP contribution in [0.25, 0.3) is 26.3 Å². The Bertz CT molecular complexity index is 944. The molecule has 0 atom stereocenters. The minimum atomic E-state index is 0.615. The lowest BCUT2D eigenvalue weighted by Gasteiger charge is -2.00. The van der Waals surface area contributed by atoms with Crippen molar-refractivity contribution in [3.63, 3.8) is 0 Å². The first-order valence-corrected chi connectivity index (χ1v) is 7.86. The van der Waals surface area contributed by atoms with Crippen LogP contribution in [0.15, 0.2) is 42.5 Å². The fourth-order valence-electron chi connectivity index (χ4n) is 2.45. The molecule has 0 aliphatic heterocycles. The third kappa shape index (κ3) is 2.26. The minimum Gasteiger partial charge on any atom is -0.384 e. The molecular formula is C16H14N4OS. The molecule has 0 aliphatic rings. The van der Waals surface area contributed by atoms with E-state index in [4.69, 9.17) is 4.74 Å². The van der Waals surface area contributed by atoms with Gasteiger partial charge in [0.2, 0.25) is 4.96 Å². The third-order valence-electron chi connectivity index (χ3n) is 3.58. The molecule has 6 heteroatoms. The van der Waals surface area contributed by atoms with Gasteiger partial charge in [-0.2, -0.15) is 9.61 Å². The topological polar surface area (TPSA) is 52.3 Å². The van der Waals surface area contributed by atoms with Crippen LogP contribution in [0.5, 0.6) is 0 Å². The average Bonchev–Trinajstić information content (AvgIpc) is 3.13. The third-order valence-corrected chi connectivity index (χ3v) is 4.53. The summed E-state index contributed by atoms with van der Waals surface area (Å²) in [5.74, 6) is 0.833. The molecule has 4 rings (SSSR count). The van der Waals surface area contributed by atoms with E-state index in [-0.39, 0.29) is 0 Å². The van der Waals surface area contributed by atoms with Crippen molar-refractivity contribution in [2.45, 2.75) is 6.42 Å². The molecule has 0 fully saturated rings. The van der Waals surface area contributed by atoms with Gasteiger partial charge in [0, 0.05) is 19.1 Å². The summed E-state index contributed by atoms with van der Waals surface area (Å²) in [5.41, 5.74) is 1.10. The molecule has 110 valence electrons. The Labute approximate surface area is 131 Å². The summed E-state index contributed by atoms with van der Waals surface area (Å²) in [4.78, 5) is 0.814. The molecule has 2 heterocycles. The van der Waals surface area contributed by atoms with Crippen LogP contribution >= 0.6 is 11.3 Å². The standard InChI is InChI=1S/C16H14N4OS/c1-21-9-8-14-17-18-16-20(14)19-15(22-16)13-7-6-11-4-2-3-5-12(11)10-13/h2-7,10H,8-9H2,1H3. The number of benzene rings is 2. The van der Waals surface area contributed by atoms with Gasteiger partial charge < -0.3 is 4.74 Å². The number of nitrogens with zero attached hydrogens (tertiary/aromatic N) is 4. The molecule has 5 nitrogen and oxygen atoms in total. The predicted molar refractivity (Wildman–Crippen MR) is 87.2 cm³/mol. The Kier molecular flexibility index (Phi) is 3.32. The van der Waals surface area contributed by atoms with E-state index in [1.807, 2.05) is 16.6 Å². The number of ether oxygens (including phenoxy) is 1. The summed E-state index contributed by atoms with van der Waals surface area (Å²) in [5, 5.41) is 16.4. The highest BCUT2D eigenvalue weighted by Crippen LogP contribution is 2.28. The van der Waals surface area contributed by atoms with Crippen molar-refractivity contribution < 1.29 is 4.74 Å². The van der Waals surface area contributed by atoms with E-state index in [1.165, 1.54) is 10.8 Å². The van der Waals surface area contributed by atoms with Gasteiger partial charge in [-0.05, 0) is 16.8 Å². The van der Waals surface area contributed by atoms with E-state index in [9.17, 15) is 0 Å². The van der Waals surface area contributed by atoms with Crippen LogP contribution in [0.3, 0.4) is 0 Å². The van der Waals surface area contributed by atoms with Crippen molar-refractivity contribution in [3.05, 3.63) is 48.3 Å². The molecule has 0 bridgehead atoms. The van der Waals surface area contributed by atoms with E-state index in [2.05, 4.69) is 45.6 Å². The summed E-state index contributed by atoms with van der Waals surface area (Å²) in [6.07, 6.45) is 0.707. The van der Waals surface area contributed by atoms with Crippen molar-refractivity contribution >= 4 is 27.1 Å². The molecule has 2 aromatic carbocycles. The molecule has 22 heavy (non-hydrogen) atoms. The van der Waals surface area contributed by atoms with Gasteiger partial charge in [0.25, 0.3) is 0 Å². The highest BCUT2D eigenvalue weighted by molar-refractivity contribution is 7.19. The van der Waals surface area contributed by atoms with Gasteiger partial charge in [-0.15, -0.1) is 10.2 Å². The number of hydrogen-bond acceptors (Lipinski definition) is 5. The molecule has 0 spiro atoms. The molecular weight excluding hydrogens is 296 g/mol. The van der Waals surface area contributed by atoms with Crippen LogP contribution < -0.4 is 0 Å². The normalized spacial score (nSPS) is 11.5. The SMILES string of the molecule is COCCc1nnc2sc(-c3ccc4ccccc4c3)nn12. The van der Waals surface area contributed by atoms with E-state index in [0.29, 0.717) is 13.0 Å². The van der Waals surface area contributed by atoms with Gasteiger partial charge in [0.15, 0.2) is 5.82 Å². The molecule has 4 aromatic rings. The molecule has 0 N–H and O–H groups in total. The molecule has 0 aliphatic carbocycles. The maximum absolute atomic E-state index is 5.10. The van der Waals surface area contributed by atoms with Crippen LogP contribution in [-0.4, -0.2) is 33.5 Å². The monoisotopic (exact) mass is 310 g/mol. The smallest absolute Gasteiger partial charge is 0.234 e. The minimum absolute atomic E-state index is 0.615. The van der Waals surface area contributed by atoms with Crippen LogP contribution in [-0.2, 0) is 11.2 Å². The Morgan fingerprint density at radius 2 is 1.95 bits per heavy atom. The molecule has 2 aromatic heterocycles. The summed E-state index contributed by atoms with van der Waals surface area (Å²) in [6, 6.07) is 14.7. The first kappa shape index (κ1) is 13.4. The number of methoxy groups -OCH3 is 1. The molecule has 0 saturated heterocycles. The second-order valence-corrected chi connectivity index (χ2v) is 5.98. The quantitative estimate of drug-likeness (QED) is 0.581. The average molecular weight is 310 g/mol. The Morgan fingerprint density at radius 3 is 2.82 bits per heavy atom. The first-order valence-electron chi connectivity index (χ1n) is 7.04. The van der Waals surface area contributed by atoms with Crippen LogP contribution in [0.4, 0.5) is 0 Å². The van der Waals surface area contributed by atoms with Gasteiger partial charge in [-0.25, -0.2) is 0 Å². The van der Waals surface area contributed by atoms with E-state index in [1.54, 1.807) is 18.4 Å². The van der Waals surface area contributed by atoms with Gasteiger partial charge in [0.05, 0.1) is 6.61 Å². The van der Waals surface area contributed by atoms with Gasteiger partial charge in [-0.1, -0.05) is 47.7 Å². The van der Waals surface area contributed by atoms with Crippen molar-refractivity contribution in [1.82, 2.24) is 19.8 Å². The summed E-state index contributed by atoms with van der Waals surface area (Å²) in [7, 11) is 1.68. The lowest BCUT2D eigenvalue weighted by atomic mass is 10.1. The molecule has 0 amide bonds. The number of fused-ring (bicyclic) bond motifs is 2. The zero-order valence-electron chi connectivity index (χ0n) is 12.1. The second-order valence-electron chi connectivity index (χ2n) is 5.02. The highest BCUT2D eigenvalue weighted by Gasteiger charge is 2.12.